The Balaban J connectivity index is 2.13. The number of halogens is 1. The number of carbonyl (C=O) groups excluding carboxylic acids is 2. The third kappa shape index (κ3) is 3.15. The number of carbonyl (C=O) groups is 2. The van der Waals surface area contributed by atoms with E-state index in [0.29, 0.717) is 23.6 Å². The maximum Gasteiger partial charge on any atom is 0.228 e. The molecule has 0 saturated carbocycles. The van der Waals surface area contributed by atoms with Crippen LogP contribution in [0.1, 0.15) is 12.8 Å². The quantitative estimate of drug-likeness (QED) is 0.854. The van der Waals surface area contributed by atoms with Crippen LogP contribution in [0.2, 0.25) is 5.02 Å². The van der Waals surface area contributed by atoms with Crippen LogP contribution >= 0.6 is 11.6 Å². The number of nitrogens with one attached hydrogen (secondary N) is 1. The van der Waals surface area contributed by atoms with Gasteiger partial charge in [0, 0.05) is 11.9 Å². The van der Waals surface area contributed by atoms with Gasteiger partial charge in [0.2, 0.25) is 5.91 Å². The van der Waals surface area contributed by atoms with Gasteiger partial charge in [-0.05, 0) is 25.0 Å². The number of anilines is 1. The molecule has 1 aromatic carbocycles. The van der Waals surface area contributed by atoms with Crippen molar-refractivity contribution in [3.63, 3.8) is 0 Å². The van der Waals surface area contributed by atoms with Crippen LogP contribution in [0.4, 0.5) is 5.69 Å². The van der Waals surface area contributed by atoms with E-state index in [0.717, 1.165) is 0 Å². The number of hydrogen-bond acceptors (Lipinski definition) is 3. The fourth-order valence-corrected chi connectivity index (χ4v) is 2.34. The highest BCUT2D eigenvalue weighted by Gasteiger charge is 2.29. The minimum atomic E-state index is -1.19. The lowest BCUT2D eigenvalue weighted by Gasteiger charge is -2.28. The van der Waals surface area contributed by atoms with Gasteiger partial charge in [0.1, 0.15) is 0 Å². The van der Waals surface area contributed by atoms with Crippen molar-refractivity contribution in [1.82, 2.24) is 0 Å². The highest BCUT2D eigenvalue weighted by Crippen LogP contribution is 2.28. The third-order valence-corrected chi connectivity index (χ3v) is 3.53. The number of aliphatic carboxylic acids is 1. The number of hydrogen-bond donors (Lipinski definition) is 1. The molecule has 1 N–H and O–H groups in total. The van der Waals surface area contributed by atoms with Crippen molar-refractivity contribution in [2.24, 2.45) is 11.8 Å². The standard InChI is InChI=1S/C14H14ClNO3/c15-11-7-3-4-8-12(11)16-13(17)9-5-1-2-6-10(9)14(18)19/h1-4,7-10H,5-6H2,(H,16,17)(H,18,19)/p-1/t9-,10+/m1/s1. The molecule has 0 fully saturated rings. The van der Waals surface area contributed by atoms with E-state index in [1.807, 2.05) is 6.08 Å². The maximum atomic E-state index is 12.1. The van der Waals surface area contributed by atoms with Crippen molar-refractivity contribution in [3.8, 4) is 0 Å². The lowest BCUT2D eigenvalue weighted by Crippen LogP contribution is -2.41. The summed E-state index contributed by atoms with van der Waals surface area (Å²) >= 11 is 5.95. The monoisotopic (exact) mass is 278 g/mol. The number of benzene rings is 1. The van der Waals surface area contributed by atoms with Gasteiger partial charge in [-0.15, -0.1) is 0 Å². The molecule has 1 amide bonds. The summed E-state index contributed by atoms with van der Waals surface area (Å²) in [5, 5.41) is 14.1. The molecule has 2 rings (SSSR count). The van der Waals surface area contributed by atoms with Gasteiger partial charge >= 0.3 is 0 Å². The number of carboxylic acids is 1. The first kappa shape index (κ1) is 13.6. The zero-order chi connectivity index (χ0) is 13.8. The normalized spacial score (nSPS) is 21.9. The van der Waals surface area contributed by atoms with Gasteiger partial charge < -0.3 is 15.2 Å². The summed E-state index contributed by atoms with van der Waals surface area (Å²) in [4.78, 5) is 23.2. The Morgan fingerprint density at radius 1 is 1.16 bits per heavy atom. The van der Waals surface area contributed by atoms with E-state index >= 15 is 0 Å². The second-order valence-electron chi connectivity index (χ2n) is 4.44. The van der Waals surface area contributed by atoms with Gasteiger partial charge in [-0.2, -0.15) is 0 Å². The fraction of sp³-hybridized carbons (Fsp3) is 0.286. The molecule has 19 heavy (non-hydrogen) atoms. The number of rotatable bonds is 3. The van der Waals surface area contributed by atoms with E-state index in [1.165, 1.54) is 0 Å². The van der Waals surface area contributed by atoms with Gasteiger partial charge in [0.25, 0.3) is 0 Å². The Bertz CT molecular complexity index is 527. The number of allylic oxidation sites excluding steroid dienone is 2. The van der Waals surface area contributed by atoms with Crippen LogP contribution in [0.5, 0.6) is 0 Å². The summed E-state index contributed by atoms with van der Waals surface area (Å²) in [6, 6.07) is 6.84. The molecule has 0 aromatic heterocycles. The third-order valence-electron chi connectivity index (χ3n) is 3.20. The predicted octanol–water partition coefficient (Wildman–Crippen LogP) is 1.61. The molecular formula is C14H13ClNO3-. The molecule has 4 nitrogen and oxygen atoms in total. The number of para-hydroxylation sites is 1. The van der Waals surface area contributed by atoms with Crippen molar-refractivity contribution < 1.29 is 14.7 Å². The smallest absolute Gasteiger partial charge is 0.228 e. The van der Waals surface area contributed by atoms with E-state index in [9.17, 15) is 14.7 Å². The summed E-state index contributed by atoms with van der Waals surface area (Å²) in [7, 11) is 0. The second kappa shape index (κ2) is 5.89. The minimum absolute atomic E-state index is 0.322. The molecule has 0 heterocycles. The topological polar surface area (TPSA) is 69.2 Å². The van der Waals surface area contributed by atoms with Crippen LogP contribution in [0.15, 0.2) is 36.4 Å². The molecule has 1 aromatic rings. The van der Waals surface area contributed by atoms with E-state index in [-0.39, 0.29) is 5.91 Å². The lowest BCUT2D eigenvalue weighted by molar-refractivity contribution is -0.313. The highest BCUT2D eigenvalue weighted by atomic mass is 35.5. The summed E-state index contributed by atoms with van der Waals surface area (Å²) in [6.45, 7) is 0. The fourth-order valence-electron chi connectivity index (χ4n) is 2.15. The summed E-state index contributed by atoms with van der Waals surface area (Å²) in [5.74, 6) is -2.94. The van der Waals surface area contributed by atoms with Crippen molar-refractivity contribution in [2.75, 3.05) is 5.32 Å². The average molecular weight is 279 g/mol. The molecule has 0 radical (unpaired) electrons. The van der Waals surface area contributed by atoms with Gasteiger partial charge in [0.15, 0.2) is 0 Å². The highest BCUT2D eigenvalue weighted by molar-refractivity contribution is 6.33. The van der Waals surface area contributed by atoms with E-state index in [2.05, 4.69) is 5.32 Å². The van der Waals surface area contributed by atoms with E-state index in [4.69, 9.17) is 11.6 Å². The zero-order valence-corrected chi connectivity index (χ0v) is 10.9. The van der Waals surface area contributed by atoms with Crippen LogP contribution in [0.3, 0.4) is 0 Å². The van der Waals surface area contributed by atoms with Gasteiger partial charge in [-0.3, -0.25) is 4.79 Å². The minimum Gasteiger partial charge on any atom is -0.550 e. The molecule has 0 saturated heterocycles. The maximum absolute atomic E-state index is 12.1. The van der Waals surface area contributed by atoms with Crippen molar-refractivity contribution in [3.05, 3.63) is 41.4 Å². The number of amides is 1. The molecule has 0 unspecified atom stereocenters. The van der Waals surface area contributed by atoms with E-state index < -0.39 is 17.8 Å². The van der Waals surface area contributed by atoms with Gasteiger partial charge in [-0.25, -0.2) is 0 Å². The number of carboxylic acid groups (broad SMARTS) is 1. The molecule has 100 valence electrons. The lowest BCUT2D eigenvalue weighted by atomic mass is 9.82. The first-order valence-corrected chi connectivity index (χ1v) is 6.38. The summed E-state index contributed by atoms with van der Waals surface area (Å²) in [6.07, 6.45) is 4.30. The molecule has 0 spiro atoms. The Hall–Kier alpha value is -1.81. The predicted molar refractivity (Wildman–Crippen MR) is 70.4 cm³/mol. The molecule has 0 bridgehead atoms. The van der Waals surface area contributed by atoms with Crippen molar-refractivity contribution in [2.45, 2.75) is 12.8 Å². The van der Waals surface area contributed by atoms with Crippen molar-refractivity contribution in [1.29, 1.82) is 0 Å². The van der Waals surface area contributed by atoms with Gasteiger partial charge in [-0.1, -0.05) is 35.9 Å². The SMILES string of the molecule is O=C([O-])[C@H]1CC=CC[C@H]1C(=O)Nc1ccccc1Cl. The molecule has 2 atom stereocenters. The zero-order valence-electron chi connectivity index (χ0n) is 10.1. The molecular weight excluding hydrogens is 266 g/mol. The summed E-state index contributed by atoms with van der Waals surface area (Å²) in [5.41, 5.74) is 0.487. The Morgan fingerprint density at radius 2 is 1.79 bits per heavy atom. The molecule has 1 aliphatic rings. The largest absolute Gasteiger partial charge is 0.550 e. The van der Waals surface area contributed by atoms with Crippen molar-refractivity contribution >= 4 is 29.2 Å². The summed E-state index contributed by atoms with van der Waals surface area (Å²) < 4.78 is 0. The van der Waals surface area contributed by atoms with Crippen LogP contribution in [0.25, 0.3) is 0 Å². The van der Waals surface area contributed by atoms with E-state index in [1.54, 1.807) is 30.3 Å². The van der Waals surface area contributed by atoms with Gasteiger partial charge in [0.05, 0.1) is 16.6 Å². The Morgan fingerprint density at radius 3 is 2.42 bits per heavy atom. The van der Waals surface area contributed by atoms with Crippen LogP contribution in [0, 0.1) is 11.8 Å². The van der Waals surface area contributed by atoms with Crippen LogP contribution in [-0.4, -0.2) is 11.9 Å². The Labute approximate surface area is 116 Å². The average Bonchev–Trinajstić information content (AvgIpc) is 2.41. The second-order valence-corrected chi connectivity index (χ2v) is 4.85. The van der Waals surface area contributed by atoms with Crippen LogP contribution in [-0.2, 0) is 9.59 Å². The first-order valence-electron chi connectivity index (χ1n) is 6.01. The molecule has 1 aliphatic carbocycles. The molecule has 5 heteroatoms. The van der Waals surface area contributed by atoms with Crippen LogP contribution < -0.4 is 10.4 Å². The molecule has 0 aliphatic heterocycles. The Kier molecular flexibility index (Phi) is 4.22. The first-order chi connectivity index (χ1) is 9.09.